The van der Waals surface area contributed by atoms with E-state index in [9.17, 15) is 0 Å². The summed E-state index contributed by atoms with van der Waals surface area (Å²) in [4.78, 5) is 8.36. The fourth-order valence-corrected chi connectivity index (χ4v) is 1.71. The van der Waals surface area contributed by atoms with Crippen molar-refractivity contribution in [2.45, 2.75) is 0 Å². The van der Waals surface area contributed by atoms with Gasteiger partial charge >= 0.3 is 0 Å². The molecule has 6 heteroatoms. The second-order valence-electron chi connectivity index (χ2n) is 3.27. The van der Waals surface area contributed by atoms with Gasteiger partial charge in [-0.15, -0.1) is 0 Å². The zero-order valence-corrected chi connectivity index (χ0v) is 11.3. The lowest BCUT2D eigenvalue weighted by Gasteiger charge is -2.08. The van der Waals surface area contributed by atoms with Crippen LogP contribution in [0.3, 0.4) is 0 Å². The lowest BCUT2D eigenvalue weighted by Crippen LogP contribution is -1.98. The summed E-state index contributed by atoms with van der Waals surface area (Å²) in [5, 5.41) is 0.593. The lowest BCUT2D eigenvalue weighted by atomic mass is 10.2. The first-order valence-corrected chi connectivity index (χ1v) is 5.91. The van der Waals surface area contributed by atoms with E-state index in [4.69, 9.17) is 22.1 Å². The van der Waals surface area contributed by atoms with E-state index in [-0.39, 0.29) is 0 Å². The average molecular weight is 315 g/mol. The van der Waals surface area contributed by atoms with Crippen LogP contribution < -0.4 is 10.5 Å². The molecule has 0 bridgehead atoms. The van der Waals surface area contributed by atoms with Crippen LogP contribution in [0.4, 0.5) is 5.82 Å². The number of aromatic nitrogens is 2. The molecule has 2 aromatic rings. The second kappa shape index (κ2) is 4.89. The molecule has 0 radical (unpaired) electrons. The third-order valence-electron chi connectivity index (χ3n) is 2.18. The van der Waals surface area contributed by atoms with Crippen LogP contribution in [-0.4, -0.2) is 17.1 Å². The van der Waals surface area contributed by atoms with E-state index in [1.807, 2.05) is 0 Å². The van der Waals surface area contributed by atoms with Gasteiger partial charge in [-0.05, 0) is 34.1 Å². The first kappa shape index (κ1) is 12.1. The Morgan fingerprint density at radius 3 is 2.82 bits per heavy atom. The van der Waals surface area contributed by atoms with E-state index in [2.05, 4.69) is 25.9 Å². The van der Waals surface area contributed by atoms with Crippen molar-refractivity contribution in [3.8, 4) is 17.1 Å². The van der Waals surface area contributed by atoms with Crippen molar-refractivity contribution in [3.05, 3.63) is 33.9 Å². The number of nitrogen functional groups attached to an aromatic ring is 1. The molecular formula is C11H9BrClN3O. The van der Waals surface area contributed by atoms with E-state index in [1.54, 1.807) is 31.5 Å². The Hall–Kier alpha value is -1.33. The molecule has 88 valence electrons. The van der Waals surface area contributed by atoms with E-state index >= 15 is 0 Å². The molecule has 0 saturated heterocycles. The monoisotopic (exact) mass is 313 g/mol. The highest BCUT2D eigenvalue weighted by Crippen LogP contribution is 2.31. The number of ether oxygens (including phenoxy) is 1. The highest BCUT2D eigenvalue weighted by atomic mass is 79.9. The molecule has 0 atom stereocenters. The fraction of sp³-hybridized carbons (Fsp3) is 0.0909. The van der Waals surface area contributed by atoms with Gasteiger partial charge in [0.25, 0.3) is 0 Å². The van der Waals surface area contributed by atoms with Crippen LogP contribution in [0.1, 0.15) is 0 Å². The molecule has 0 amide bonds. The van der Waals surface area contributed by atoms with Crippen LogP contribution in [0.15, 0.2) is 28.9 Å². The van der Waals surface area contributed by atoms with Gasteiger partial charge in [-0.2, -0.15) is 0 Å². The van der Waals surface area contributed by atoms with Crippen molar-refractivity contribution in [2.75, 3.05) is 12.8 Å². The van der Waals surface area contributed by atoms with Gasteiger partial charge in [-0.3, -0.25) is 0 Å². The molecule has 2 N–H and O–H groups in total. The fourth-order valence-electron chi connectivity index (χ4n) is 1.36. The predicted molar refractivity (Wildman–Crippen MR) is 71.1 cm³/mol. The molecule has 0 aliphatic carbocycles. The lowest BCUT2D eigenvalue weighted by molar-refractivity contribution is 0.416. The maximum Gasteiger partial charge on any atom is 0.165 e. The Bertz CT molecular complexity index is 562. The van der Waals surface area contributed by atoms with Gasteiger partial charge in [0.15, 0.2) is 5.82 Å². The summed E-state index contributed by atoms with van der Waals surface area (Å²) in [6.07, 6.45) is 1.60. The van der Waals surface area contributed by atoms with Crippen LogP contribution in [-0.2, 0) is 0 Å². The number of hydrogen-bond donors (Lipinski definition) is 1. The molecule has 1 aromatic carbocycles. The summed E-state index contributed by atoms with van der Waals surface area (Å²) in [6, 6.07) is 5.25. The van der Waals surface area contributed by atoms with Gasteiger partial charge in [0.2, 0.25) is 0 Å². The summed E-state index contributed by atoms with van der Waals surface area (Å²) in [5.41, 5.74) is 6.46. The molecule has 0 fully saturated rings. The minimum Gasteiger partial charge on any atom is -0.496 e. The molecule has 0 aliphatic heterocycles. The summed E-state index contributed by atoms with van der Waals surface area (Å²) in [7, 11) is 1.57. The Morgan fingerprint density at radius 1 is 1.41 bits per heavy atom. The summed E-state index contributed by atoms with van der Waals surface area (Å²) >= 11 is 9.13. The van der Waals surface area contributed by atoms with Gasteiger partial charge in [-0.25, -0.2) is 9.97 Å². The van der Waals surface area contributed by atoms with Gasteiger partial charge in [0.05, 0.1) is 17.1 Å². The number of rotatable bonds is 2. The normalized spacial score (nSPS) is 10.3. The standard InChI is InChI=1S/C11H9BrClN3O/c1-17-9-4-6(13)2-3-7(9)11-15-5-8(12)10(14)16-11/h2-5H,1H3,(H2,14,15,16). The van der Waals surface area contributed by atoms with E-state index in [0.717, 1.165) is 5.56 Å². The number of anilines is 1. The number of nitrogens with zero attached hydrogens (tertiary/aromatic N) is 2. The molecule has 17 heavy (non-hydrogen) atoms. The molecule has 1 aromatic heterocycles. The van der Waals surface area contributed by atoms with Crippen LogP contribution >= 0.6 is 27.5 Å². The molecule has 2 rings (SSSR count). The van der Waals surface area contributed by atoms with Crippen molar-refractivity contribution >= 4 is 33.3 Å². The topological polar surface area (TPSA) is 61.0 Å². The van der Waals surface area contributed by atoms with Gasteiger partial charge < -0.3 is 10.5 Å². The average Bonchev–Trinajstić information content (AvgIpc) is 2.32. The van der Waals surface area contributed by atoms with Gasteiger partial charge in [0, 0.05) is 11.2 Å². The summed E-state index contributed by atoms with van der Waals surface area (Å²) in [6.45, 7) is 0. The summed E-state index contributed by atoms with van der Waals surface area (Å²) < 4.78 is 5.89. The summed E-state index contributed by atoms with van der Waals surface area (Å²) in [5.74, 6) is 1.49. The Morgan fingerprint density at radius 2 is 2.18 bits per heavy atom. The largest absolute Gasteiger partial charge is 0.496 e. The number of nitrogens with two attached hydrogens (primary N) is 1. The first-order valence-electron chi connectivity index (χ1n) is 4.73. The minimum atomic E-state index is 0.381. The molecule has 0 aliphatic rings. The van der Waals surface area contributed by atoms with Crippen molar-refractivity contribution in [2.24, 2.45) is 0 Å². The van der Waals surface area contributed by atoms with Crippen molar-refractivity contribution in [1.82, 2.24) is 9.97 Å². The van der Waals surface area contributed by atoms with Crippen molar-refractivity contribution in [3.63, 3.8) is 0 Å². The van der Waals surface area contributed by atoms with E-state index in [1.165, 1.54) is 0 Å². The molecule has 0 unspecified atom stereocenters. The zero-order chi connectivity index (χ0) is 12.4. The Labute approximate surface area is 112 Å². The van der Waals surface area contributed by atoms with E-state index in [0.29, 0.717) is 26.9 Å². The zero-order valence-electron chi connectivity index (χ0n) is 8.95. The van der Waals surface area contributed by atoms with Crippen LogP contribution in [0.5, 0.6) is 5.75 Å². The Kier molecular flexibility index (Phi) is 3.49. The van der Waals surface area contributed by atoms with Crippen LogP contribution in [0.25, 0.3) is 11.4 Å². The van der Waals surface area contributed by atoms with Crippen molar-refractivity contribution in [1.29, 1.82) is 0 Å². The van der Waals surface area contributed by atoms with Crippen LogP contribution in [0, 0.1) is 0 Å². The Balaban J connectivity index is 2.55. The highest BCUT2D eigenvalue weighted by molar-refractivity contribution is 9.10. The molecule has 1 heterocycles. The number of benzene rings is 1. The highest BCUT2D eigenvalue weighted by Gasteiger charge is 2.10. The van der Waals surface area contributed by atoms with Crippen molar-refractivity contribution < 1.29 is 4.74 Å². The molecule has 4 nitrogen and oxygen atoms in total. The smallest absolute Gasteiger partial charge is 0.165 e. The number of hydrogen-bond acceptors (Lipinski definition) is 4. The quantitative estimate of drug-likeness (QED) is 0.925. The third kappa shape index (κ3) is 2.50. The minimum absolute atomic E-state index is 0.381. The molecule has 0 spiro atoms. The van der Waals surface area contributed by atoms with Gasteiger partial charge in [0.1, 0.15) is 11.6 Å². The predicted octanol–water partition coefficient (Wildman–Crippen LogP) is 3.15. The molecule has 0 saturated carbocycles. The number of halogens is 2. The number of methoxy groups -OCH3 is 1. The maximum atomic E-state index is 5.89. The first-order chi connectivity index (χ1) is 8.11. The van der Waals surface area contributed by atoms with Gasteiger partial charge in [-0.1, -0.05) is 11.6 Å². The van der Waals surface area contributed by atoms with Crippen LogP contribution in [0.2, 0.25) is 5.02 Å². The molecular weight excluding hydrogens is 305 g/mol. The van der Waals surface area contributed by atoms with E-state index < -0.39 is 0 Å². The maximum absolute atomic E-state index is 5.89. The second-order valence-corrected chi connectivity index (χ2v) is 4.56. The third-order valence-corrected chi connectivity index (χ3v) is 3.02. The SMILES string of the molecule is COc1cc(Cl)ccc1-c1ncc(Br)c(N)n1.